The van der Waals surface area contributed by atoms with Crippen molar-refractivity contribution in [1.29, 1.82) is 0 Å². The molecule has 2 saturated heterocycles. The van der Waals surface area contributed by atoms with Gasteiger partial charge in [-0.05, 0) is 38.4 Å². The fourth-order valence-electron chi connectivity index (χ4n) is 3.31. The molecule has 2 aliphatic rings. The maximum atomic E-state index is 12.9. The number of hydrogen-bond donors (Lipinski definition) is 2. The third-order valence-corrected chi connectivity index (χ3v) is 6.30. The molecule has 2 aliphatic heterocycles. The molecule has 21 heavy (non-hydrogen) atoms. The topological polar surface area (TPSA) is 91.6 Å². The fraction of sp³-hybridized carbons (Fsp3) is 0.615. The predicted molar refractivity (Wildman–Crippen MR) is 80.0 cm³/mol. The number of aromatic nitrogens is 1. The maximum Gasteiger partial charge on any atom is 0.263 e. The van der Waals surface area contributed by atoms with Crippen molar-refractivity contribution in [3.63, 3.8) is 0 Å². The zero-order valence-corrected chi connectivity index (χ0v) is 12.9. The number of hydrogen-bond acceptors (Lipinski definition) is 6. The SMILES string of the molecule is CC1CN2CCCC2CN1S(=O)(=O)c1ncccc1NN. The van der Waals surface area contributed by atoms with E-state index >= 15 is 0 Å². The number of hydrazine groups is 1. The number of rotatable bonds is 3. The van der Waals surface area contributed by atoms with Gasteiger partial charge >= 0.3 is 0 Å². The van der Waals surface area contributed by atoms with Crippen LogP contribution >= 0.6 is 0 Å². The Morgan fingerprint density at radius 3 is 3.00 bits per heavy atom. The van der Waals surface area contributed by atoms with Crippen LogP contribution in [0, 0.1) is 0 Å². The van der Waals surface area contributed by atoms with Gasteiger partial charge in [-0.2, -0.15) is 4.31 Å². The van der Waals surface area contributed by atoms with Gasteiger partial charge in [0.15, 0.2) is 5.03 Å². The van der Waals surface area contributed by atoms with Gasteiger partial charge in [-0.1, -0.05) is 0 Å². The first-order valence-electron chi connectivity index (χ1n) is 7.21. The van der Waals surface area contributed by atoms with E-state index < -0.39 is 10.0 Å². The van der Waals surface area contributed by atoms with Crippen LogP contribution in [-0.2, 0) is 10.0 Å². The second kappa shape index (κ2) is 5.53. The number of nitrogen functional groups attached to an aromatic ring is 1. The van der Waals surface area contributed by atoms with Crippen molar-refractivity contribution in [2.75, 3.05) is 25.1 Å². The number of nitrogens with two attached hydrogens (primary N) is 1. The Morgan fingerprint density at radius 1 is 1.43 bits per heavy atom. The third kappa shape index (κ3) is 2.52. The molecule has 7 nitrogen and oxygen atoms in total. The summed E-state index contributed by atoms with van der Waals surface area (Å²) in [4.78, 5) is 6.42. The average molecular weight is 311 g/mol. The van der Waals surface area contributed by atoms with Crippen molar-refractivity contribution in [2.24, 2.45) is 5.84 Å². The van der Waals surface area contributed by atoms with Crippen molar-refractivity contribution >= 4 is 15.7 Å². The first-order valence-corrected chi connectivity index (χ1v) is 8.65. The van der Waals surface area contributed by atoms with E-state index in [0.717, 1.165) is 25.9 Å². The summed E-state index contributed by atoms with van der Waals surface area (Å²) in [5, 5.41) is 0.00537. The quantitative estimate of drug-likeness (QED) is 0.613. The normalized spacial score (nSPS) is 27.5. The molecule has 1 aromatic rings. The lowest BCUT2D eigenvalue weighted by Crippen LogP contribution is -2.56. The Labute approximate surface area is 125 Å². The van der Waals surface area contributed by atoms with Crippen molar-refractivity contribution in [2.45, 2.75) is 36.9 Å². The Bertz CT molecular complexity index is 621. The van der Waals surface area contributed by atoms with Crippen molar-refractivity contribution in [3.05, 3.63) is 18.3 Å². The van der Waals surface area contributed by atoms with Gasteiger partial charge in [-0.15, -0.1) is 0 Å². The second-order valence-electron chi connectivity index (χ2n) is 5.72. The molecule has 2 unspecified atom stereocenters. The number of anilines is 1. The zero-order chi connectivity index (χ0) is 15.0. The third-order valence-electron chi connectivity index (χ3n) is 4.36. The van der Waals surface area contributed by atoms with E-state index in [2.05, 4.69) is 15.3 Å². The molecule has 0 aromatic carbocycles. The van der Waals surface area contributed by atoms with Gasteiger partial charge in [0.1, 0.15) is 0 Å². The van der Waals surface area contributed by atoms with Gasteiger partial charge in [-0.25, -0.2) is 13.4 Å². The molecular weight excluding hydrogens is 290 g/mol. The van der Waals surface area contributed by atoms with E-state index in [1.165, 1.54) is 6.20 Å². The molecule has 2 fully saturated rings. The van der Waals surface area contributed by atoms with E-state index in [1.807, 2.05) is 6.92 Å². The molecule has 2 atom stereocenters. The summed E-state index contributed by atoms with van der Waals surface area (Å²) in [5.74, 6) is 5.42. The minimum Gasteiger partial charge on any atom is -0.321 e. The molecule has 3 N–H and O–H groups in total. The van der Waals surface area contributed by atoms with Crippen LogP contribution in [0.5, 0.6) is 0 Å². The molecule has 0 amide bonds. The van der Waals surface area contributed by atoms with Crippen LogP contribution in [0.1, 0.15) is 19.8 Å². The molecule has 0 radical (unpaired) electrons. The summed E-state index contributed by atoms with van der Waals surface area (Å²) in [7, 11) is -3.64. The van der Waals surface area contributed by atoms with Gasteiger partial charge in [0, 0.05) is 31.4 Å². The van der Waals surface area contributed by atoms with Gasteiger partial charge in [0.05, 0.1) is 5.69 Å². The van der Waals surface area contributed by atoms with Crippen molar-refractivity contribution < 1.29 is 8.42 Å². The van der Waals surface area contributed by atoms with Crippen LogP contribution in [0.15, 0.2) is 23.4 Å². The van der Waals surface area contributed by atoms with E-state index in [1.54, 1.807) is 16.4 Å². The molecule has 3 heterocycles. The number of nitrogens with one attached hydrogen (secondary N) is 1. The van der Waals surface area contributed by atoms with Gasteiger partial charge in [-0.3, -0.25) is 10.7 Å². The van der Waals surface area contributed by atoms with Crippen LogP contribution < -0.4 is 11.3 Å². The number of nitrogens with zero attached hydrogens (tertiary/aromatic N) is 3. The van der Waals surface area contributed by atoms with Crippen molar-refractivity contribution in [3.8, 4) is 0 Å². The van der Waals surface area contributed by atoms with Crippen LogP contribution in [0.2, 0.25) is 0 Å². The first-order chi connectivity index (χ1) is 10.0. The number of pyridine rings is 1. The molecule has 8 heteroatoms. The summed E-state index contributed by atoms with van der Waals surface area (Å²) in [6, 6.07) is 3.55. The molecule has 3 rings (SSSR count). The number of piperazine rings is 1. The summed E-state index contributed by atoms with van der Waals surface area (Å²) in [6.45, 7) is 4.33. The standard InChI is InChI=1S/C13H21N5O2S/c1-10-8-17-7-3-4-11(17)9-18(10)21(19,20)13-12(16-14)5-2-6-15-13/h2,5-6,10-11,16H,3-4,7-9,14H2,1H3. The van der Waals surface area contributed by atoms with Crippen LogP contribution in [-0.4, -0.2) is 54.3 Å². The molecule has 116 valence electrons. The van der Waals surface area contributed by atoms with Gasteiger partial charge in [0.25, 0.3) is 10.0 Å². The van der Waals surface area contributed by atoms with Crippen LogP contribution in [0.4, 0.5) is 5.69 Å². The average Bonchev–Trinajstić information content (AvgIpc) is 2.93. The molecule has 1 aromatic heterocycles. The lowest BCUT2D eigenvalue weighted by Gasteiger charge is -2.41. The highest BCUT2D eigenvalue weighted by molar-refractivity contribution is 7.89. The largest absolute Gasteiger partial charge is 0.321 e. The smallest absolute Gasteiger partial charge is 0.263 e. The minimum atomic E-state index is -3.64. The van der Waals surface area contributed by atoms with E-state index in [0.29, 0.717) is 18.3 Å². The summed E-state index contributed by atoms with van der Waals surface area (Å²) in [6.07, 6.45) is 3.68. The molecule has 0 bridgehead atoms. The summed E-state index contributed by atoms with van der Waals surface area (Å²) < 4.78 is 27.4. The molecule has 0 spiro atoms. The maximum absolute atomic E-state index is 12.9. The fourth-order valence-corrected chi connectivity index (χ4v) is 5.04. The molecule has 0 aliphatic carbocycles. The highest BCUT2D eigenvalue weighted by Crippen LogP contribution is 2.30. The van der Waals surface area contributed by atoms with Gasteiger partial charge < -0.3 is 5.43 Å². The summed E-state index contributed by atoms with van der Waals surface area (Å²) >= 11 is 0. The van der Waals surface area contributed by atoms with Crippen LogP contribution in [0.3, 0.4) is 0 Å². The Morgan fingerprint density at radius 2 is 2.24 bits per heavy atom. The minimum absolute atomic E-state index is 0.00537. The first kappa shape index (κ1) is 14.7. The van der Waals surface area contributed by atoms with Gasteiger partial charge in [0.2, 0.25) is 0 Å². The highest BCUT2D eigenvalue weighted by atomic mass is 32.2. The number of fused-ring (bicyclic) bond motifs is 1. The van der Waals surface area contributed by atoms with E-state index in [4.69, 9.17) is 5.84 Å². The zero-order valence-electron chi connectivity index (χ0n) is 12.1. The molecular formula is C13H21N5O2S. The Kier molecular flexibility index (Phi) is 3.87. The lowest BCUT2D eigenvalue weighted by molar-refractivity contribution is 0.117. The Balaban J connectivity index is 1.94. The monoisotopic (exact) mass is 311 g/mol. The van der Waals surface area contributed by atoms with Crippen molar-refractivity contribution in [1.82, 2.24) is 14.2 Å². The highest BCUT2D eigenvalue weighted by Gasteiger charge is 2.41. The van der Waals surface area contributed by atoms with Crippen LogP contribution in [0.25, 0.3) is 0 Å². The van der Waals surface area contributed by atoms with E-state index in [9.17, 15) is 8.42 Å². The Hall–Kier alpha value is -1.22. The second-order valence-corrected chi connectivity index (χ2v) is 7.52. The van der Waals surface area contributed by atoms with E-state index in [-0.39, 0.29) is 11.1 Å². The molecule has 0 saturated carbocycles. The number of sulfonamides is 1. The summed E-state index contributed by atoms with van der Waals surface area (Å²) in [5.41, 5.74) is 2.76. The lowest BCUT2D eigenvalue weighted by atomic mass is 10.1. The predicted octanol–water partition coefficient (Wildman–Crippen LogP) is 0.224.